The van der Waals surface area contributed by atoms with Gasteiger partial charge in [-0.05, 0) is 38.1 Å². The van der Waals surface area contributed by atoms with E-state index in [-0.39, 0.29) is 24.6 Å². The van der Waals surface area contributed by atoms with E-state index in [0.717, 1.165) is 5.56 Å². The lowest BCUT2D eigenvalue weighted by Crippen LogP contribution is -2.33. The van der Waals surface area contributed by atoms with Crippen LogP contribution in [0.15, 0.2) is 48.5 Å². The van der Waals surface area contributed by atoms with Gasteiger partial charge < -0.3 is 15.4 Å². The molecule has 6 nitrogen and oxygen atoms in total. The van der Waals surface area contributed by atoms with Gasteiger partial charge in [-0.3, -0.25) is 9.59 Å². The molecule has 0 aliphatic rings. The van der Waals surface area contributed by atoms with E-state index in [1.807, 2.05) is 19.1 Å². The fourth-order valence-electron chi connectivity index (χ4n) is 2.14. The molecule has 0 spiro atoms. The molecule has 0 heterocycles. The van der Waals surface area contributed by atoms with E-state index in [4.69, 9.17) is 4.74 Å². The van der Waals surface area contributed by atoms with Crippen molar-refractivity contribution in [3.05, 3.63) is 65.2 Å². The largest absolute Gasteiger partial charge is 0.462 e. The van der Waals surface area contributed by atoms with E-state index >= 15 is 0 Å². The maximum atomic E-state index is 12.1. The van der Waals surface area contributed by atoms with Gasteiger partial charge in [0, 0.05) is 5.56 Å². The molecule has 0 aliphatic carbocycles. The number of hydrogen-bond acceptors (Lipinski definition) is 4. The third-order valence-electron chi connectivity index (χ3n) is 3.42. The molecule has 0 saturated carbocycles. The van der Waals surface area contributed by atoms with Crippen LogP contribution >= 0.6 is 0 Å². The van der Waals surface area contributed by atoms with Crippen LogP contribution in [0.1, 0.15) is 33.2 Å². The minimum atomic E-state index is -0.512. The Morgan fingerprint density at radius 3 is 2.36 bits per heavy atom. The van der Waals surface area contributed by atoms with Gasteiger partial charge in [-0.25, -0.2) is 4.79 Å². The van der Waals surface area contributed by atoms with Crippen LogP contribution < -0.4 is 10.6 Å². The molecular formula is C19H20N2O4. The SMILES string of the molecule is CCOC(=O)c1ccccc1NC(=O)CNC(=O)c1ccc(C)cc1. The highest BCUT2D eigenvalue weighted by molar-refractivity contribution is 6.03. The number of para-hydroxylation sites is 1. The summed E-state index contributed by atoms with van der Waals surface area (Å²) >= 11 is 0. The number of rotatable bonds is 6. The first kappa shape index (κ1) is 18.2. The van der Waals surface area contributed by atoms with Gasteiger partial charge >= 0.3 is 5.97 Å². The fraction of sp³-hybridized carbons (Fsp3) is 0.211. The van der Waals surface area contributed by atoms with Gasteiger partial charge in [0.1, 0.15) is 0 Å². The van der Waals surface area contributed by atoms with Crippen molar-refractivity contribution in [3.63, 3.8) is 0 Å². The summed E-state index contributed by atoms with van der Waals surface area (Å²) in [6.45, 7) is 3.67. The predicted molar refractivity (Wildman–Crippen MR) is 94.5 cm³/mol. The molecule has 2 rings (SSSR count). The predicted octanol–water partition coefficient (Wildman–Crippen LogP) is 2.54. The molecule has 2 aromatic rings. The van der Waals surface area contributed by atoms with Gasteiger partial charge in [-0.15, -0.1) is 0 Å². The molecule has 0 aromatic heterocycles. The van der Waals surface area contributed by atoms with Crippen molar-refractivity contribution in [1.82, 2.24) is 5.32 Å². The van der Waals surface area contributed by atoms with Gasteiger partial charge in [-0.1, -0.05) is 29.8 Å². The highest BCUT2D eigenvalue weighted by Crippen LogP contribution is 2.16. The second-order valence-electron chi connectivity index (χ2n) is 5.36. The summed E-state index contributed by atoms with van der Waals surface area (Å²) < 4.78 is 4.96. The van der Waals surface area contributed by atoms with Gasteiger partial charge in [0.2, 0.25) is 5.91 Å². The smallest absolute Gasteiger partial charge is 0.340 e. The third kappa shape index (κ3) is 5.17. The normalized spacial score (nSPS) is 10.0. The number of ether oxygens (including phenoxy) is 1. The molecule has 25 heavy (non-hydrogen) atoms. The van der Waals surface area contributed by atoms with Gasteiger partial charge in [-0.2, -0.15) is 0 Å². The van der Waals surface area contributed by atoms with E-state index in [0.29, 0.717) is 11.3 Å². The van der Waals surface area contributed by atoms with Crippen LogP contribution in [0.2, 0.25) is 0 Å². The Morgan fingerprint density at radius 1 is 1.00 bits per heavy atom. The van der Waals surface area contributed by atoms with E-state index in [1.54, 1.807) is 43.3 Å². The fourth-order valence-corrected chi connectivity index (χ4v) is 2.14. The van der Waals surface area contributed by atoms with Crippen molar-refractivity contribution < 1.29 is 19.1 Å². The van der Waals surface area contributed by atoms with Crippen molar-refractivity contribution in [2.75, 3.05) is 18.5 Å². The third-order valence-corrected chi connectivity index (χ3v) is 3.42. The number of hydrogen-bond donors (Lipinski definition) is 2. The Kier molecular flexibility index (Phi) is 6.28. The number of carbonyl (C=O) groups is 3. The summed E-state index contributed by atoms with van der Waals surface area (Å²) in [5.74, 6) is -1.28. The first-order valence-electron chi connectivity index (χ1n) is 7.92. The quantitative estimate of drug-likeness (QED) is 0.792. The lowest BCUT2D eigenvalue weighted by molar-refractivity contribution is -0.115. The number of aryl methyl sites for hydroxylation is 1. The topological polar surface area (TPSA) is 84.5 Å². The first-order valence-corrected chi connectivity index (χ1v) is 7.92. The number of esters is 1. The van der Waals surface area contributed by atoms with E-state index in [2.05, 4.69) is 10.6 Å². The molecule has 0 fully saturated rings. The number of anilines is 1. The molecule has 2 aromatic carbocycles. The Hall–Kier alpha value is -3.15. The lowest BCUT2D eigenvalue weighted by atomic mass is 10.1. The zero-order chi connectivity index (χ0) is 18.2. The number of nitrogens with one attached hydrogen (secondary N) is 2. The summed E-state index contributed by atoms with van der Waals surface area (Å²) in [5.41, 5.74) is 2.13. The molecule has 0 bridgehead atoms. The molecule has 2 N–H and O–H groups in total. The number of benzene rings is 2. The molecule has 0 aliphatic heterocycles. The Bertz CT molecular complexity index is 769. The van der Waals surface area contributed by atoms with E-state index in [1.165, 1.54) is 0 Å². The first-order chi connectivity index (χ1) is 12.0. The molecule has 0 radical (unpaired) electrons. The molecule has 2 amide bonds. The minimum Gasteiger partial charge on any atom is -0.462 e. The molecule has 0 atom stereocenters. The van der Waals surface area contributed by atoms with Crippen molar-refractivity contribution in [2.45, 2.75) is 13.8 Å². The Balaban J connectivity index is 1.95. The van der Waals surface area contributed by atoms with Crippen LogP contribution in [-0.4, -0.2) is 30.9 Å². The van der Waals surface area contributed by atoms with Crippen molar-refractivity contribution in [1.29, 1.82) is 0 Å². The zero-order valence-corrected chi connectivity index (χ0v) is 14.2. The van der Waals surface area contributed by atoms with Gasteiger partial charge in [0.05, 0.1) is 24.4 Å². The minimum absolute atomic E-state index is 0.204. The summed E-state index contributed by atoms with van der Waals surface area (Å²) in [7, 11) is 0. The molecule has 0 saturated heterocycles. The van der Waals surface area contributed by atoms with Crippen LogP contribution in [0.4, 0.5) is 5.69 Å². The van der Waals surface area contributed by atoms with Crippen molar-refractivity contribution >= 4 is 23.5 Å². The maximum absolute atomic E-state index is 12.1. The molecule has 130 valence electrons. The van der Waals surface area contributed by atoms with E-state index in [9.17, 15) is 14.4 Å². The maximum Gasteiger partial charge on any atom is 0.340 e. The molecule has 0 unspecified atom stereocenters. The zero-order valence-electron chi connectivity index (χ0n) is 14.2. The second-order valence-corrected chi connectivity index (χ2v) is 5.36. The van der Waals surface area contributed by atoms with Crippen LogP contribution in [0.25, 0.3) is 0 Å². The Labute approximate surface area is 146 Å². The lowest BCUT2D eigenvalue weighted by Gasteiger charge is -2.11. The summed E-state index contributed by atoms with van der Waals surface area (Å²) in [5, 5.41) is 5.16. The molecular weight excluding hydrogens is 320 g/mol. The van der Waals surface area contributed by atoms with Crippen LogP contribution in [0, 0.1) is 6.92 Å². The second kappa shape index (κ2) is 8.63. The van der Waals surface area contributed by atoms with Crippen LogP contribution in [-0.2, 0) is 9.53 Å². The van der Waals surface area contributed by atoms with Crippen molar-refractivity contribution in [2.24, 2.45) is 0 Å². The number of amides is 2. The van der Waals surface area contributed by atoms with Gasteiger partial charge in [0.15, 0.2) is 0 Å². The van der Waals surface area contributed by atoms with Gasteiger partial charge in [0.25, 0.3) is 5.91 Å². The summed E-state index contributed by atoms with van der Waals surface area (Å²) in [6.07, 6.45) is 0. The average molecular weight is 340 g/mol. The standard InChI is InChI=1S/C19H20N2O4/c1-3-25-19(24)15-6-4-5-7-16(15)21-17(22)12-20-18(23)14-10-8-13(2)9-11-14/h4-11H,3,12H2,1-2H3,(H,20,23)(H,21,22). The van der Waals surface area contributed by atoms with Crippen LogP contribution in [0.5, 0.6) is 0 Å². The average Bonchev–Trinajstić information content (AvgIpc) is 2.61. The van der Waals surface area contributed by atoms with Crippen molar-refractivity contribution in [3.8, 4) is 0 Å². The van der Waals surface area contributed by atoms with Crippen LogP contribution in [0.3, 0.4) is 0 Å². The van der Waals surface area contributed by atoms with E-state index < -0.39 is 11.9 Å². The molecule has 6 heteroatoms. The highest BCUT2D eigenvalue weighted by Gasteiger charge is 2.14. The summed E-state index contributed by atoms with van der Waals surface area (Å²) in [6, 6.07) is 13.6. The number of carbonyl (C=O) groups excluding carboxylic acids is 3. The highest BCUT2D eigenvalue weighted by atomic mass is 16.5. The Morgan fingerprint density at radius 2 is 1.68 bits per heavy atom. The monoisotopic (exact) mass is 340 g/mol. The summed E-state index contributed by atoms with van der Waals surface area (Å²) in [4.78, 5) is 35.9.